The molecule has 0 spiro atoms. The molecule has 2 aromatic rings. The van der Waals surface area contributed by atoms with Crippen LogP contribution in [0.25, 0.3) is 0 Å². The number of benzene rings is 2. The standard InChI is InChI=1S/C21H25NO4S/c1-15-14-20(16(2)13-19(15)26-3)27(24,25)22-11-9-18(10-12-22)21(23)17-7-5-4-6-8-17/h4-8,13-14,18H,9-12H2,1-3H3. The zero-order valence-electron chi connectivity index (χ0n) is 15.9. The number of carbonyl (C=O) groups excluding carboxylic acids is 1. The highest BCUT2D eigenvalue weighted by molar-refractivity contribution is 7.89. The molecular formula is C21H25NO4S. The number of Topliss-reactive ketones (excluding diaryl/α,β-unsaturated/α-hetero) is 1. The lowest BCUT2D eigenvalue weighted by atomic mass is 9.90. The van der Waals surface area contributed by atoms with E-state index in [-0.39, 0.29) is 11.7 Å². The molecule has 0 bridgehead atoms. The van der Waals surface area contributed by atoms with E-state index >= 15 is 0 Å². The number of carbonyl (C=O) groups is 1. The van der Waals surface area contributed by atoms with Gasteiger partial charge in [0.05, 0.1) is 12.0 Å². The van der Waals surface area contributed by atoms with Crippen molar-refractivity contribution in [3.63, 3.8) is 0 Å². The van der Waals surface area contributed by atoms with E-state index in [2.05, 4.69) is 0 Å². The van der Waals surface area contributed by atoms with E-state index in [9.17, 15) is 13.2 Å². The number of hydrogen-bond acceptors (Lipinski definition) is 4. The number of hydrogen-bond donors (Lipinski definition) is 0. The maximum absolute atomic E-state index is 13.1. The maximum Gasteiger partial charge on any atom is 0.243 e. The summed E-state index contributed by atoms with van der Waals surface area (Å²) >= 11 is 0. The van der Waals surface area contributed by atoms with Gasteiger partial charge >= 0.3 is 0 Å². The van der Waals surface area contributed by atoms with Gasteiger partial charge in [0.1, 0.15) is 5.75 Å². The van der Waals surface area contributed by atoms with Crippen LogP contribution in [0.2, 0.25) is 0 Å². The highest BCUT2D eigenvalue weighted by Crippen LogP contribution is 2.30. The molecule has 1 aliphatic rings. The second-order valence-corrected chi connectivity index (χ2v) is 8.90. The summed E-state index contributed by atoms with van der Waals surface area (Å²) in [5.74, 6) is 0.653. The lowest BCUT2D eigenvalue weighted by Gasteiger charge is -2.31. The molecule has 27 heavy (non-hydrogen) atoms. The average Bonchev–Trinajstić information content (AvgIpc) is 2.69. The molecule has 0 atom stereocenters. The van der Waals surface area contributed by atoms with Crippen LogP contribution in [0.3, 0.4) is 0 Å². The fraction of sp³-hybridized carbons (Fsp3) is 0.381. The Morgan fingerprint density at radius 3 is 2.26 bits per heavy atom. The molecule has 5 nitrogen and oxygen atoms in total. The molecule has 1 heterocycles. The van der Waals surface area contributed by atoms with Gasteiger partial charge in [-0.2, -0.15) is 4.31 Å². The summed E-state index contributed by atoms with van der Waals surface area (Å²) in [6, 6.07) is 12.6. The van der Waals surface area contributed by atoms with Gasteiger partial charge in [-0.3, -0.25) is 4.79 Å². The summed E-state index contributed by atoms with van der Waals surface area (Å²) in [4.78, 5) is 12.9. The zero-order valence-corrected chi connectivity index (χ0v) is 16.8. The van der Waals surface area contributed by atoms with Crippen molar-refractivity contribution in [2.45, 2.75) is 31.6 Å². The van der Waals surface area contributed by atoms with Crippen molar-refractivity contribution in [1.82, 2.24) is 4.31 Å². The molecular weight excluding hydrogens is 362 g/mol. The number of ether oxygens (including phenoxy) is 1. The van der Waals surface area contributed by atoms with E-state index < -0.39 is 10.0 Å². The minimum Gasteiger partial charge on any atom is -0.496 e. The quantitative estimate of drug-likeness (QED) is 0.736. The first-order valence-electron chi connectivity index (χ1n) is 9.09. The first-order valence-corrected chi connectivity index (χ1v) is 10.5. The van der Waals surface area contributed by atoms with Crippen molar-refractivity contribution in [3.05, 3.63) is 59.2 Å². The minimum atomic E-state index is -3.59. The lowest BCUT2D eigenvalue weighted by Crippen LogP contribution is -2.40. The molecule has 6 heteroatoms. The molecule has 0 aliphatic carbocycles. The van der Waals surface area contributed by atoms with Crippen molar-refractivity contribution in [2.75, 3.05) is 20.2 Å². The molecule has 0 saturated carbocycles. The number of nitrogens with zero attached hydrogens (tertiary/aromatic N) is 1. The van der Waals surface area contributed by atoms with E-state index in [1.165, 1.54) is 4.31 Å². The van der Waals surface area contributed by atoms with Gasteiger partial charge in [0, 0.05) is 24.6 Å². The van der Waals surface area contributed by atoms with Crippen molar-refractivity contribution < 1.29 is 17.9 Å². The Morgan fingerprint density at radius 1 is 1.04 bits per heavy atom. The summed E-state index contributed by atoms with van der Waals surface area (Å²) in [7, 11) is -2.01. The Kier molecular flexibility index (Phi) is 5.67. The smallest absolute Gasteiger partial charge is 0.243 e. The minimum absolute atomic E-state index is 0.101. The number of rotatable bonds is 5. The largest absolute Gasteiger partial charge is 0.496 e. The molecule has 144 valence electrons. The molecule has 3 rings (SSSR count). The van der Waals surface area contributed by atoms with Gasteiger partial charge in [0.2, 0.25) is 10.0 Å². The van der Waals surface area contributed by atoms with Crippen molar-refractivity contribution in [1.29, 1.82) is 0 Å². The predicted octanol–water partition coefficient (Wildman–Crippen LogP) is 3.60. The monoisotopic (exact) mass is 387 g/mol. The van der Waals surface area contributed by atoms with E-state index in [1.54, 1.807) is 26.2 Å². The van der Waals surface area contributed by atoms with Gasteiger partial charge in [-0.25, -0.2) is 8.42 Å². The third-order valence-corrected chi connectivity index (χ3v) is 7.23. The zero-order chi connectivity index (χ0) is 19.6. The predicted molar refractivity (Wildman–Crippen MR) is 105 cm³/mol. The fourth-order valence-corrected chi connectivity index (χ4v) is 5.36. The van der Waals surface area contributed by atoms with E-state index in [1.807, 2.05) is 37.3 Å². The van der Waals surface area contributed by atoms with E-state index in [0.717, 1.165) is 5.56 Å². The van der Waals surface area contributed by atoms with E-state index in [0.29, 0.717) is 47.7 Å². The Morgan fingerprint density at radius 2 is 1.67 bits per heavy atom. The first-order chi connectivity index (χ1) is 12.8. The topological polar surface area (TPSA) is 63.7 Å². The molecule has 0 N–H and O–H groups in total. The summed E-state index contributed by atoms with van der Waals surface area (Å²) < 4.78 is 33.0. The summed E-state index contributed by atoms with van der Waals surface area (Å²) in [5, 5.41) is 0. The van der Waals surface area contributed by atoms with Crippen molar-refractivity contribution in [2.24, 2.45) is 5.92 Å². The molecule has 1 fully saturated rings. The third-order valence-electron chi connectivity index (χ3n) is 5.19. The highest BCUT2D eigenvalue weighted by Gasteiger charge is 2.33. The van der Waals surface area contributed by atoms with Gasteiger partial charge < -0.3 is 4.74 Å². The van der Waals surface area contributed by atoms with Gasteiger partial charge in [-0.15, -0.1) is 0 Å². The van der Waals surface area contributed by atoms with Crippen LogP contribution in [0.5, 0.6) is 5.75 Å². The number of sulfonamides is 1. The molecule has 1 saturated heterocycles. The van der Waals surface area contributed by atoms with Crippen LogP contribution in [0.15, 0.2) is 47.4 Å². The Hall–Kier alpha value is -2.18. The van der Waals surface area contributed by atoms with Gasteiger partial charge in [0.25, 0.3) is 0 Å². The van der Waals surface area contributed by atoms with Crippen LogP contribution < -0.4 is 4.74 Å². The van der Waals surface area contributed by atoms with Crippen LogP contribution in [0, 0.1) is 19.8 Å². The molecule has 0 aromatic heterocycles. The van der Waals surface area contributed by atoms with Gasteiger partial charge in [-0.05, 0) is 49.9 Å². The first kappa shape index (κ1) is 19.6. The fourth-order valence-electron chi connectivity index (χ4n) is 3.60. The second kappa shape index (κ2) is 7.82. The maximum atomic E-state index is 13.1. The summed E-state index contributed by atoms with van der Waals surface area (Å²) in [6.07, 6.45) is 1.09. The Balaban J connectivity index is 1.75. The summed E-state index contributed by atoms with van der Waals surface area (Å²) in [6.45, 7) is 4.33. The SMILES string of the molecule is COc1cc(C)c(S(=O)(=O)N2CCC(C(=O)c3ccccc3)CC2)cc1C. The normalized spacial score (nSPS) is 16.3. The molecule has 2 aromatic carbocycles. The van der Waals surface area contributed by atoms with Crippen LogP contribution >= 0.6 is 0 Å². The van der Waals surface area contributed by atoms with Crippen molar-refractivity contribution >= 4 is 15.8 Å². The average molecular weight is 388 g/mol. The molecule has 0 unspecified atom stereocenters. The lowest BCUT2D eigenvalue weighted by molar-refractivity contribution is 0.0875. The number of piperidine rings is 1. The van der Waals surface area contributed by atoms with Crippen LogP contribution in [0.1, 0.15) is 34.3 Å². The van der Waals surface area contributed by atoms with Crippen LogP contribution in [0.4, 0.5) is 0 Å². The number of methoxy groups -OCH3 is 1. The van der Waals surface area contributed by atoms with Crippen LogP contribution in [-0.2, 0) is 10.0 Å². The second-order valence-electron chi connectivity index (χ2n) is 7.00. The molecule has 1 aliphatic heterocycles. The Labute approximate surface area is 161 Å². The van der Waals surface area contributed by atoms with Gasteiger partial charge in [-0.1, -0.05) is 30.3 Å². The number of aryl methyl sites for hydroxylation is 2. The Bertz CT molecular complexity index is 930. The van der Waals surface area contributed by atoms with Crippen LogP contribution in [-0.4, -0.2) is 38.7 Å². The summed E-state index contributed by atoms with van der Waals surface area (Å²) in [5.41, 5.74) is 2.15. The van der Waals surface area contributed by atoms with Crippen molar-refractivity contribution in [3.8, 4) is 5.75 Å². The highest BCUT2D eigenvalue weighted by atomic mass is 32.2. The van der Waals surface area contributed by atoms with E-state index in [4.69, 9.17) is 4.74 Å². The third kappa shape index (κ3) is 3.92. The van der Waals surface area contributed by atoms with Gasteiger partial charge in [0.15, 0.2) is 5.78 Å². The molecule has 0 radical (unpaired) electrons. The number of ketones is 1. The molecule has 0 amide bonds.